The van der Waals surface area contributed by atoms with E-state index in [1.54, 1.807) is 30.3 Å². The number of nitrogens with one attached hydrogen (secondary N) is 2. The Balaban J connectivity index is 1.51. The number of benzene rings is 2. The average Bonchev–Trinajstić information content (AvgIpc) is 3.31. The number of rotatable bonds is 5. The van der Waals surface area contributed by atoms with Crippen molar-refractivity contribution >= 4 is 58.3 Å². The molecule has 158 valence electrons. The number of thioether (sulfide) groups is 1. The van der Waals surface area contributed by atoms with Gasteiger partial charge in [0, 0.05) is 28.4 Å². The molecule has 1 aliphatic rings. The molecule has 1 aromatic heterocycles. The zero-order valence-electron chi connectivity index (χ0n) is 16.0. The SMILES string of the molecule is Cc1cc(Cl)ccc1NC1NC(=O)/C(=C/c2ccc(-c3ccc(Cl)c([N+](=O)[O-])c3)o2)S1. The molecule has 1 amide bonds. The Hall–Kier alpha value is -2.94. The highest BCUT2D eigenvalue weighted by atomic mass is 35.5. The lowest BCUT2D eigenvalue weighted by Crippen LogP contribution is -2.31. The smallest absolute Gasteiger partial charge is 0.288 e. The van der Waals surface area contributed by atoms with E-state index in [4.69, 9.17) is 27.6 Å². The van der Waals surface area contributed by atoms with Crippen LogP contribution in [-0.4, -0.2) is 16.3 Å². The summed E-state index contributed by atoms with van der Waals surface area (Å²) in [5.41, 5.74) is 1.81. The number of halogens is 2. The van der Waals surface area contributed by atoms with Crippen LogP contribution in [0.3, 0.4) is 0 Å². The number of anilines is 1. The molecule has 3 aromatic rings. The molecule has 1 fully saturated rings. The number of carbonyl (C=O) groups excluding carboxylic acids is 1. The molecule has 4 rings (SSSR count). The molecule has 1 atom stereocenters. The molecule has 1 unspecified atom stereocenters. The van der Waals surface area contributed by atoms with Crippen molar-refractivity contribution in [2.45, 2.75) is 12.4 Å². The topological polar surface area (TPSA) is 97.4 Å². The predicted octanol–water partition coefficient (Wildman–Crippen LogP) is 6.07. The Morgan fingerprint density at radius 1 is 1.19 bits per heavy atom. The monoisotopic (exact) mass is 475 g/mol. The molecule has 0 aliphatic carbocycles. The van der Waals surface area contributed by atoms with Crippen LogP contribution in [0.2, 0.25) is 10.0 Å². The Morgan fingerprint density at radius 3 is 2.74 bits per heavy atom. The van der Waals surface area contributed by atoms with Gasteiger partial charge in [-0.1, -0.05) is 35.0 Å². The number of nitrogens with zero attached hydrogens (tertiary/aromatic N) is 1. The molecule has 7 nitrogen and oxygen atoms in total. The summed E-state index contributed by atoms with van der Waals surface area (Å²) < 4.78 is 5.77. The summed E-state index contributed by atoms with van der Waals surface area (Å²) in [6, 6.07) is 13.3. The Morgan fingerprint density at radius 2 is 2.00 bits per heavy atom. The van der Waals surface area contributed by atoms with Crippen LogP contribution in [-0.2, 0) is 4.79 Å². The molecule has 0 spiro atoms. The summed E-state index contributed by atoms with van der Waals surface area (Å²) in [6.07, 6.45) is 1.63. The van der Waals surface area contributed by atoms with Gasteiger partial charge in [0.15, 0.2) is 5.50 Å². The quantitative estimate of drug-likeness (QED) is 0.264. The number of amides is 1. The van der Waals surface area contributed by atoms with Crippen molar-refractivity contribution in [2.75, 3.05) is 5.32 Å². The van der Waals surface area contributed by atoms with Crippen LogP contribution >= 0.6 is 35.0 Å². The first-order valence-electron chi connectivity index (χ1n) is 9.06. The van der Waals surface area contributed by atoms with Gasteiger partial charge in [-0.2, -0.15) is 0 Å². The van der Waals surface area contributed by atoms with Crippen molar-refractivity contribution in [1.82, 2.24) is 5.32 Å². The minimum atomic E-state index is -0.549. The van der Waals surface area contributed by atoms with E-state index in [2.05, 4.69) is 10.6 Å². The largest absolute Gasteiger partial charge is 0.457 e. The number of carbonyl (C=O) groups is 1. The highest BCUT2D eigenvalue weighted by molar-refractivity contribution is 8.05. The van der Waals surface area contributed by atoms with Crippen LogP contribution in [0.4, 0.5) is 11.4 Å². The van der Waals surface area contributed by atoms with Crippen molar-refractivity contribution in [1.29, 1.82) is 0 Å². The fourth-order valence-corrected chi connectivity index (χ4v) is 4.39. The molecule has 0 saturated carbocycles. The molecule has 0 bridgehead atoms. The molecular weight excluding hydrogens is 461 g/mol. The predicted molar refractivity (Wildman–Crippen MR) is 123 cm³/mol. The molecule has 2 aromatic carbocycles. The lowest BCUT2D eigenvalue weighted by atomic mass is 10.1. The summed E-state index contributed by atoms with van der Waals surface area (Å²) in [4.78, 5) is 23.4. The van der Waals surface area contributed by atoms with E-state index < -0.39 is 4.92 Å². The summed E-state index contributed by atoms with van der Waals surface area (Å²) in [7, 11) is 0. The van der Waals surface area contributed by atoms with Gasteiger partial charge in [0.1, 0.15) is 16.5 Å². The first-order chi connectivity index (χ1) is 14.8. The zero-order chi connectivity index (χ0) is 22.1. The molecule has 31 heavy (non-hydrogen) atoms. The maximum Gasteiger partial charge on any atom is 0.288 e. The maximum atomic E-state index is 12.4. The van der Waals surface area contributed by atoms with Gasteiger partial charge in [-0.3, -0.25) is 14.9 Å². The highest BCUT2D eigenvalue weighted by Gasteiger charge is 2.28. The van der Waals surface area contributed by atoms with Crippen molar-refractivity contribution in [3.63, 3.8) is 0 Å². The number of nitro benzene ring substituents is 1. The van der Waals surface area contributed by atoms with Gasteiger partial charge in [-0.25, -0.2) is 0 Å². The molecule has 1 aliphatic heterocycles. The molecule has 2 N–H and O–H groups in total. The number of hydrogen-bond acceptors (Lipinski definition) is 6. The van der Waals surface area contributed by atoms with Gasteiger partial charge in [-0.15, -0.1) is 0 Å². The lowest BCUT2D eigenvalue weighted by molar-refractivity contribution is -0.384. The third-order valence-corrected chi connectivity index (χ3v) is 6.12. The molecule has 0 radical (unpaired) electrons. The van der Waals surface area contributed by atoms with Crippen LogP contribution in [0.5, 0.6) is 0 Å². The van der Waals surface area contributed by atoms with E-state index in [1.165, 1.54) is 23.9 Å². The maximum absolute atomic E-state index is 12.4. The van der Waals surface area contributed by atoms with Crippen LogP contribution in [0.15, 0.2) is 57.9 Å². The van der Waals surface area contributed by atoms with Crippen molar-refractivity contribution in [2.24, 2.45) is 0 Å². The summed E-state index contributed by atoms with van der Waals surface area (Å²) in [5, 5.41) is 17.9. The van der Waals surface area contributed by atoms with Crippen molar-refractivity contribution in [3.8, 4) is 11.3 Å². The van der Waals surface area contributed by atoms with E-state index in [0.29, 0.717) is 27.0 Å². The normalized spacial score (nSPS) is 17.1. The second-order valence-corrected chi connectivity index (χ2v) is 8.70. The summed E-state index contributed by atoms with van der Waals surface area (Å²) in [5.74, 6) is 0.657. The number of hydrogen-bond donors (Lipinski definition) is 2. The van der Waals surface area contributed by atoms with Gasteiger partial charge in [0.25, 0.3) is 11.6 Å². The number of furan rings is 1. The van der Waals surface area contributed by atoms with Crippen molar-refractivity contribution < 1.29 is 14.1 Å². The van der Waals surface area contributed by atoms with Crippen LogP contribution in [0, 0.1) is 17.0 Å². The lowest BCUT2D eigenvalue weighted by Gasteiger charge is -2.14. The molecular formula is C21H15Cl2N3O4S. The highest BCUT2D eigenvalue weighted by Crippen LogP contribution is 2.34. The number of aryl methyl sites for hydroxylation is 1. The van der Waals surface area contributed by atoms with Crippen LogP contribution in [0.1, 0.15) is 11.3 Å². The third kappa shape index (κ3) is 4.71. The fraction of sp³-hybridized carbons (Fsp3) is 0.0952. The minimum absolute atomic E-state index is 0.0520. The van der Waals surface area contributed by atoms with E-state index >= 15 is 0 Å². The van der Waals surface area contributed by atoms with Gasteiger partial charge >= 0.3 is 0 Å². The first-order valence-corrected chi connectivity index (χ1v) is 10.7. The van der Waals surface area contributed by atoms with Crippen molar-refractivity contribution in [3.05, 3.63) is 84.9 Å². The van der Waals surface area contributed by atoms with Gasteiger partial charge in [-0.05, 0) is 55.0 Å². The second kappa shape index (κ2) is 8.66. The minimum Gasteiger partial charge on any atom is -0.457 e. The van der Waals surface area contributed by atoms with Gasteiger partial charge in [0.2, 0.25) is 0 Å². The molecule has 10 heteroatoms. The Labute approximate surface area is 191 Å². The Bertz CT molecular complexity index is 1230. The fourth-order valence-electron chi connectivity index (χ4n) is 3.02. The van der Waals surface area contributed by atoms with E-state index in [-0.39, 0.29) is 22.1 Å². The van der Waals surface area contributed by atoms with E-state index in [9.17, 15) is 14.9 Å². The summed E-state index contributed by atoms with van der Waals surface area (Å²) >= 11 is 13.2. The molecule has 2 heterocycles. The second-order valence-electron chi connectivity index (χ2n) is 6.71. The standard InChI is InChI=1S/C21H15Cl2N3O4S/c1-11-8-13(22)3-6-16(11)24-21-25-20(27)19(31-21)10-14-4-7-18(30-14)12-2-5-15(23)17(9-12)26(28)29/h2-10,21,24H,1H3,(H,25,27)/b19-10-. The van der Waals surface area contributed by atoms with Crippen LogP contribution in [0.25, 0.3) is 17.4 Å². The number of nitro groups is 1. The third-order valence-electron chi connectivity index (χ3n) is 4.53. The Kier molecular flexibility index (Phi) is 5.95. The molecule has 1 saturated heterocycles. The first kappa shape index (κ1) is 21.3. The van der Waals surface area contributed by atoms with Crippen LogP contribution < -0.4 is 10.6 Å². The van der Waals surface area contributed by atoms with E-state index in [1.807, 2.05) is 19.1 Å². The average molecular weight is 476 g/mol. The van der Waals surface area contributed by atoms with Gasteiger partial charge < -0.3 is 15.1 Å². The van der Waals surface area contributed by atoms with Gasteiger partial charge in [0.05, 0.1) is 9.83 Å². The van der Waals surface area contributed by atoms with E-state index in [0.717, 1.165) is 11.3 Å². The zero-order valence-corrected chi connectivity index (χ0v) is 18.3. The summed E-state index contributed by atoms with van der Waals surface area (Å²) in [6.45, 7) is 1.93.